The van der Waals surface area contributed by atoms with Crippen molar-refractivity contribution in [3.63, 3.8) is 0 Å². The van der Waals surface area contributed by atoms with Crippen molar-refractivity contribution in [1.82, 2.24) is 10.2 Å². The van der Waals surface area contributed by atoms with Crippen LogP contribution in [0.25, 0.3) is 10.8 Å². The summed E-state index contributed by atoms with van der Waals surface area (Å²) in [6, 6.07) is 26.4. The number of carbonyl (C=O) groups excluding carboxylic acids is 2. The maximum atomic E-state index is 13.7. The summed E-state index contributed by atoms with van der Waals surface area (Å²) in [4.78, 5) is 28.6. The number of hydrogen-bond donors (Lipinski definition) is 1. The number of halogens is 2. The molecule has 2 amide bonds. The summed E-state index contributed by atoms with van der Waals surface area (Å²) in [6.07, 6.45) is 1.11. The summed E-state index contributed by atoms with van der Waals surface area (Å²) in [5, 5.41) is 4.97. The first-order valence-corrected chi connectivity index (χ1v) is 13.4. The molecule has 0 aliphatic rings. The first-order valence-electron chi connectivity index (χ1n) is 12.6. The summed E-state index contributed by atoms with van der Waals surface area (Å²) >= 11 is 3.60. The smallest absolute Gasteiger partial charge is 0.261 e. The van der Waals surface area contributed by atoms with Gasteiger partial charge in [0.15, 0.2) is 6.61 Å². The zero-order valence-corrected chi connectivity index (χ0v) is 22.8. The molecule has 196 valence electrons. The monoisotopic (exact) mass is 576 g/mol. The molecule has 5 nitrogen and oxygen atoms in total. The van der Waals surface area contributed by atoms with Gasteiger partial charge in [-0.25, -0.2) is 4.39 Å². The van der Waals surface area contributed by atoms with Crippen LogP contribution in [0.5, 0.6) is 5.75 Å². The molecule has 0 spiro atoms. The highest BCUT2D eigenvalue weighted by atomic mass is 79.9. The first-order chi connectivity index (χ1) is 18.5. The predicted molar refractivity (Wildman–Crippen MR) is 151 cm³/mol. The number of rotatable bonds is 11. The zero-order chi connectivity index (χ0) is 26.9. The molecule has 4 aromatic rings. The van der Waals surface area contributed by atoms with Gasteiger partial charge >= 0.3 is 0 Å². The average molecular weight is 577 g/mol. The molecular formula is C31H30BrFN2O3. The second kappa shape index (κ2) is 13.2. The van der Waals surface area contributed by atoms with Crippen molar-refractivity contribution in [2.45, 2.75) is 32.4 Å². The van der Waals surface area contributed by atoms with Crippen molar-refractivity contribution in [3.8, 4) is 5.75 Å². The molecule has 1 N–H and O–H groups in total. The van der Waals surface area contributed by atoms with E-state index in [2.05, 4.69) is 21.2 Å². The maximum absolute atomic E-state index is 13.7. The topological polar surface area (TPSA) is 58.6 Å². The Hall–Kier alpha value is -3.71. The van der Waals surface area contributed by atoms with Crippen LogP contribution in [-0.4, -0.2) is 35.9 Å². The lowest BCUT2D eigenvalue weighted by atomic mass is 10.0. The first kappa shape index (κ1) is 27.3. The summed E-state index contributed by atoms with van der Waals surface area (Å²) in [7, 11) is 0. The second-order valence-electron chi connectivity index (χ2n) is 9.03. The highest BCUT2D eigenvalue weighted by Crippen LogP contribution is 2.33. The minimum atomic E-state index is -0.773. The van der Waals surface area contributed by atoms with Gasteiger partial charge in [0.2, 0.25) is 5.91 Å². The summed E-state index contributed by atoms with van der Waals surface area (Å²) in [5.74, 6) is -0.411. The molecule has 7 heteroatoms. The average Bonchev–Trinajstić information content (AvgIpc) is 2.94. The molecule has 0 fully saturated rings. The molecule has 1 atom stereocenters. The highest BCUT2D eigenvalue weighted by molar-refractivity contribution is 9.10. The van der Waals surface area contributed by atoms with E-state index in [4.69, 9.17) is 4.74 Å². The summed E-state index contributed by atoms with van der Waals surface area (Å²) < 4.78 is 20.3. The number of hydrogen-bond acceptors (Lipinski definition) is 3. The van der Waals surface area contributed by atoms with Gasteiger partial charge in [-0.3, -0.25) is 9.59 Å². The van der Waals surface area contributed by atoms with E-state index in [1.807, 2.05) is 73.7 Å². The number of ether oxygens (including phenoxy) is 1. The maximum Gasteiger partial charge on any atom is 0.261 e. The van der Waals surface area contributed by atoms with E-state index in [0.29, 0.717) is 24.3 Å². The van der Waals surface area contributed by atoms with E-state index >= 15 is 0 Å². The highest BCUT2D eigenvalue weighted by Gasteiger charge is 2.30. The molecule has 0 heterocycles. The molecule has 0 aromatic heterocycles. The van der Waals surface area contributed by atoms with Crippen molar-refractivity contribution in [2.24, 2.45) is 0 Å². The molecule has 0 aliphatic carbocycles. The Morgan fingerprint density at radius 1 is 0.921 bits per heavy atom. The number of carbonyl (C=O) groups is 2. The largest absolute Gasteiger partial charge is 0.483 e. The molecule has 4 aromatic carbocycles. The van der Waals surface area contributed by atoms with Crippen LogP contribution < -0.4 is 10.1 Å². The third-order valence-corrected chi connectivity index (χ3v) is 7.08. The minimum Gasteiger partial charge on any atom is -0.483 e. The fourth-order valence-corrected chi connectivity index (χ4v) is 4.86. The Morgan fingerprint density at radius 3 is 2.37 bits per heavy atom. The van der Waals surface area contributed by atoms with Crippen molar-refractivity contribution in [1.29, 1.82) is 0 Å². The van der Waals surface area contributed by atoms with Gasteiger partial charge in [-0.2, -0.15) is 0 Å². The Balaban J connectivity index is 1.62. The van der Waals surface area contributed by atoms with Crippen LogP contribution in [0, 0.1) is 5.82 Å². The van der Waals surface area contributed by atoms with Gasteiger partial charge in [-0.15, -0.1) is 0 Å². The van der Waals surface area contributed by atoms with Crippen LogP contribution in [0.15, 0.2) is 95.5 Å². The molecule has 0 bridgehead atoms. The quantitative estimate of drug-likeness (QED) is 0.228. The van der Waals surface area contributed by atoms with E-state index in [1.54, 1.807) is 12.1 Å². The van der Waals surface area contributed by atoms with Gasteiger partial charge in [0, 0.05) is 19.5 Å². The van der Waals surface area contributed by atoms with Gasteiger partial charge in [0.25, 0.3) is 5.91 Å². The van der Waals surface area contributed by atoms with E-state index in [9.17, 15) is 14.0 Å². The van der Waals surface area contributed by atoms with Crippen LogP contribution in [0.1, 0.15) is 24.5 Å². The third-order valence-electron chi connectivity index (χ3n) is 6.27. The molecule has 0 saturated carbocycles. The standard InChI is InChI=1S/C31H30BrFN2O3/c1-2-18-34-31(37)27(19-22-8-4-3-5-9-22)35(20-23-12-15-25(33)16-13-23)29(36)21-38-28-17-14-24-10-6-7-11-26(24)30(28)32/h3-17,27H,2,18-21H2,1H3,(H,34,37). The van der Waals surface area contributed by atoms with Crippen molar-refractivity contribution in [2.75, 3.05) is 13.2 Å². The Kier molecular flexibility index (Phi) is 9.49. The summed E-state index contributed by atoms with van der Waals surface area (Å²) in [5.41, 5.74) is 1.65. The van der Waals surface area contributed by atoms with Crippen LogP contribution in [0.2, 0.25) is 0 Å². The van der Waals surface area contributed by atoms with Gasteiger partial charge in [-0.1, -0.05) is 79.7 Å². The number of nitrogens with one attached hydrogen (secondary N) is 1. The SMILES string of the molecule is CCCNC(=O)C(Cc1ccccc1)N(Cc1ccc(F)cc1)C(=O)COc1ccc2ccccc2c1Br. The summed E-state index contributed by atoms with van der Waals surface area (Å²) in [6.45, 7) is 2.36. The lowest BCUT2D eigenvalue weighted by molar-refractivity contribution is -0.142. The molecule has 0 aliphatic heterocycles. The normalized spacial score (nSPS) is 11.7. The van der Waals surface area contributed by atoms with E-state index in [-0.39, 0.29) is 30.8 Å². The fraction of sp³-hybridized carbons (Fsp3) is 0.226. The van der Waals surface area contributed by atoms with Crippen LogP contribution in [-0.2, 0) is 22.6 Å². The number of amides is 2. The molecule has 0 radical (unpaired) electrons. The van der Waals surface area contributed by atoms with Crippen molar-refractivity contribution < 1.29 is 18.7 Å². The van der Waals surface area contributed by atoms with Crippen molar-refractivity contribution in [3.05, 3.63) is 112 Å². The van der Waals surface area contributed by atoms with Crippen molar-refractivity contribution >= 4 is 38.5 Å². The zero-order valence-electron chi connectivity index (χ0n) is 21.2. The van der Waals surface area contributed by atoms with E-state index in [1.165, 1.54) is 17.0 Å². The number of nitrogens with zero attached hydrogens (tertiary/aromatic N) is 1. The van der Waals surface area contributed by atoms with Crippen LogP contribution >= 0.6 is 15.9 Å². The lowest BCUT2D eigenvalue weighted by Gasteiger charge is -2.31. The van der Waals surface area contributed by atoms with E-state index in [0.717, 1.165) is 27.2 Å². The Morgan fingerprint density at radius 2 is 1.63 bits per heavy atom. The molecule has 38 heavy (non-hydrogen) atoms. The minimum absolute atomic E-state index is 0.137. The molecule has 0 saturated heterocycles. The lowest BCUT2D eigenvalue weighted by Crippen LogP contribution is -2.51. The second-order valence-corrected chi connectivity index (χ2v) is 9.83. The van der Waals surface area contributed by atoms with Gasteiger partial charge < -0.3 is 15.0 Å². The van der Waals surface area contributed by atoms with E-state index < -0.39 is 6.04 Å². The van der Waals surface area contributed by atoms with Gasteiger partial charge in [0.05, 0.1) is 4.47 Å². The third kappa shape index (κ3) is 6.98. The van der Waals surface area contributed by atoms with Crippen LogP contribution in [0.4, 0.5) is 4.39 Å². The Labute approximate surface area is 230 Å². The van der Waals surface area contributed by atoms with Gasteiger partial charge in [-0.05, 0) is 62.4 Å². The fourth-order valence-electron chi connectivity index (χ4n) is 4.25. The number of benzene rings is 4. The Bertz CT molecular complexity index is 1380. The predicted octanol–water partition coefficient (Wildman–Crippen LogP) is 6.29. The molecular weight excluding hydrogens is 547 g/mol. The molecule has 4 rings (SSSR count). The number of fused-ring (bicyclic) bond motifs is 1. The van der Waals surface area contributed by atoms with Crippen LogP contribution in [0.3, 0.4) is 0 Å². The molecule has 1 unspecified atom stereocenters. The van der Waals surface area contributed by atoms with Gasteiger partial charge in [0.1, 0.15) is 17.6 Å².